The van der Waals surface area contributed by atoms with Crippen molar-refractivity contribution in [2.24, 2.45) is 0 Å². The van der Waals surface area contributed by atoms with Gasteiger partial charge in [-0.1, -0.05) is 18.2 Å². The summed E-state index contributed by atoms with van der Waals surface area (Å²) in [6.45, 7) is 0. The fourth-order valence-corrected chi connectivity index (χ4v) is 2.33. The van der Waals surface area contributed by atoms with E-state index in [1.807, 2.05) is 0 Å². The van der Waals surface area contributed by atoms with E-state index in [0.717, 1.165) is 19.1 Å². The van der Waals surface area contributed by atoms with Crippen molar-refractivity contribution in [2.75, 3.05) is 0 Å². The molecule has 0 saturated heterocycles. The average molecular weight is 202 g/mol. The number of fused-ring (bicyclic) bond motifs is 1. The molecule has 0 aromatic heterocycles. The lowest BCUT2D eigenvalue weighted by molar-refractivity contribution is -0.107. The van der Waals surface area contributed by atoms with Crippen molar-refractivity contribution in [1.82, 2.24) is 0 Å². The van der Waals surface area contributed by atoms with Crippen molar-refractivity contribution in [3.8, 4) is 0 Å². The zero-order valence-corrected chi connectivity index (χ0v) is 9.17. The van der Waals surface area contributed by atoms with E-state index in [0.29, 0.717) is 6.42 Å². The molecule has 0 bridgehead atoms. The minimum atomic E-state index is 0.692. The largest absolute Gasteiger partial charge is 0.303 e. The smallest absolute Gasteiger partial charge is 0.120 e. The maximum Gasteiger partial charge on any atom is 0.120 e. The highest BCUT2D eigenvalue weighted by Crippen LogP contribution is 2.22. The Morgan fingerprint density at radius 3 is 2.73 bits per heavy atom. The highest BCUT2D eigenvalue weighted by atomic mass is 16.1. The molecule has 1 aliphatic rings. The van der Waals surface area contributed by atoms with Gasteiger partial charge in [0.1, 0.15) is 6.29 Å². The summed E-state index contributed by atoms with van der Waals surface area (Å²) < 4.78 is 0. The van der Waals surface area contributed by atoms with Crippen molar-refractivity contribution >= 4 is 6.29 Å². The number of unbranched alkanes of at least 4 members (excludes halogenated alkanes) is 1. The first-order chi connectivity index (χ1) is 7.40. The summed E-state index contributed by atoms with van der Waals surface area (Å²) in [5.41, 5.74) is 4.49. The quantitative estimate of drug-likeness (QED) is 0.541. The molecule has 0 unspecified atom stereocenters. The van der Waals surface area contributed by atoms with Crippen LogP contribution in [0.3, 0.4) is 0 Å². The summed E-state index contributed by atoms with van der Waals surface area (Å²) >= 11 is 0. The van der Waals surface area contributed by atoms with Gasteiger partial charge in [0, 0.05) is 6.42 Å². The zero-order valence-electron chi connectivity index (χ0n) is 9.17. The predicted molar refractivity (Wildman–Crippen MR) is 62.1 cm³/mol. The first kappa shape index (κ1) is 10.4. The maximum absolute atomic E-state index is 10.2. The molecule has 1 aliphatic carbocycles. The minimum absolute atomic E-state index is 0.692. The van der Waals surface area contributed by atoms with Gasteiger partial charge in [0.05, 0.1) is 0 Å². The van der Waals surface area contributed by atoms with Gasteiger partial charge in [-0.15, -0.1) is 0 Å². The summed E-state index contributed by atoms with van der Waals surface area (Å²) in [6, 6.07) is 6.86. The second kappa shape index (κ2) is 5.11. The number of carbonyl (C=O) groups excluding carboxylic acids is 1. The molecule has 0 aliphatic heterocycles. The lowest BCUT2D eigenvalue weighted by Crippen LogP contribution is -2.03. The van der Waals surface area contributed by atoms with Crippen LogP contribution in [0.25, 0.3) is 0 Å². The number of carbonyl (C=O) groups is 1. The average Bonchev–Trinajstić information content (AvgIpc) is 2.29. The fourth-order valence-electron chi connectivity index (χ4n) is 2.33. The monoisotopic (exact) mass is 202 g/mol. The lowest BCUT2D eigenvalue weighted by Gasteiger charge is -2.16. The first-order valence-electron chi connectivity index (χ1n) is 5.94. The van der Waals surface area contributed by atoms with Gasteiger partial charge in [-0.3, -0.25) is 0 Å². The van der Waals surface area contributed by atoms with Crippen LogP contribution in [0.5, 0.6) is 0 Å². The molecule has 15 heavy (non-hydrogen) atoms. The summed E-state index contributed by atoms with van der Waals surface area (Å²) in [5.74, 6) is 0. The Labute approximate surface area is 91.5 Å². The van der Waals surface area contributed by atoms with Crippen molar-refractivity contribution in [3.05, 3.63) is 34.9 Å². The lowest BCUT2D eigenvalue weighted by atomic mass is 9.89. The number of aryl methyl sites for hydroxylation is 3. The molecule has 80 valence electrons. The minimum Gasteiger partial charge on any atom is -0.303 e. The summed E-state index contributed by atoms with van der Waals surface area (Å²) in [4.78, 5) is 10.2. The topological polar surface area (TPSA) is 17.1 Å². The Hall–Kier alpha value is -1.11. The summed E-state index contributed by atoms with van der Waals surface area (Å²) in [6.07, 6.45) is 8.92. The van der Waals surface area contributed by atoms with Crippen molar-refractivity contribution < 1.29 is 4.79 Å². The second-order valence-electron chi connectivity index (χ2n) is 4.37. The molecule has 1 nitrogen and oxygen atoms in total. The first-order valence-corrected chi connectivity index (χ1v) is 5.94. The number of hydrogen-bond acceptors (Lipinski definition) is 1. The van der Waals surface area contributed by atoms with Crippen LogP contribution in [0.15, 0.2) is 18.2 Å². The van der Waals surface area contributed by atoms with E-state index in [1.165, 1.54) is 31.2 Å². The van der Waals surface area contributed by atoms with Crippen molar-refractivity contribution in [2.45, 2.75) is 44.9 Å². The molecule has 0 N–H and O–H groups in total. The van der Waals surface area contributed by atoms with Gasteiger partial charge in [-0.05, 0) is 55.2 Å². The molecular formula is C14H18O. The van der Waals surface area contributed by atoms with E-state index < -0.39 is 0 Å². The number of hydrogen-bond donors (Lipinski definition) is 0. The van der Waals surface area contributed by atoms with Gasteiger partial charge in [0.25, 0.3) is 0 Å². The van der Waals surface area contributed by atoms with Crippen LogP contribution in [0.1, 0.15) is 42.4 Å². The SMILES string of the molecule is O=CCCCc1ccc2c(c1)CCCC2. The molecule has 0 saturated carbocycles. The van der Waals surface area contributed by atoms with Gasteiger partial charge in [0.2, 0.25) is 0 Å². The van der Waals surface area contributed by atoms with Gasteiger partial charge < -0.3 is 4.79 Å². The molecule has 0 heterocycles. The van der Waals surface area contributed by atoms with Crippen LogP contribution in [0.2, 0.25) is 0 Å². The number of rotatable bonds is 4. The molecule has 1 heteroatoms. The third-order valence-electron chi connectivity index (χ3n) is 3.20. The Bertz CT molecular complexity index is 341. The van der Waals surface area contributed by atoms with Gasteiger partial charge in [-0.2, -0.15) is 0 Å². The van der Waals surface area contributed by atoms with Crippen LogP contribution in [0, 0.1) is 0 Å². The molecule has 0 fully saturated rings. The van der Waals surface area contributed by atoms with E-state index in [-0.39, 0.29) is 0 Å². The Balaban J connectivity index is 2.03. The maximum atomic E-state index is 10.2. The molecule has 0 atom stereocenters. The van der Waals surface area contributed by atoms with E-state index in [1.54, 1.807) is 11.1 Å². The molecule has 0 amide bonds. The molecule has 0 radical (unpaired) electrons. The Kier molecular flexibility index (Phi) is 3.54. The molecule has 2 rings (SSSR count). The van der Waals surface area contributed by atoms with Crippen LogP contribution >= 0.6 is 0 Å². The zero-order chi connectivity index (χ0) is 10.5. The fraction of sp³-hybridized carbons (Fsp3) is 0.500. The summed E-state index contributed by atoms with van der Waals surface area (Å²) in [5, 5.41) is 0. The second-order valence-corrected chi connectivity index (χ2v) is 4.37. The summed E-state index contributed by atoms with van der Waals surface area (Å²) in [7, 11) is 0. The van der Waals surface area contributed by atoms with Crippen LogP contribution in [0.4, 0.5) is 0 Å². The molecular weight excluding hydrogens is 184 g/mol. The van der Waals surface area contributed by atoms with Crippen molar-refractivity contribution in [3.63, 3.8) is 0 Å². The van der Waals surface area contributed by atoms with Gasteiger partial charge in [0.15, 0.2) is 0 Å². The number of aldehydes is 1. The highest BCUT2D eigenvalue weighted by Gasteiger charge is 2.08. The number of benzene rings is 1. The third kappa shape index (κ3) is 2.68. The van der Waals surface area contributed by atoms with Gasteiger partial charge >= 0.3 is 0 Å². The van der Waals surface area contributed by atoms with Crippen LogP contribution < -0.4 is 0 Å². The Morgan fingerprint density at radius 1 is 1.13 bits per heavy atom. The predicted octanol–water partition coefficient (Wildman–Crippen LogP) is 3.09. The van der Waals surface area contributed by atoms with Crippen molar-refractivity contribution in [1.29, 1.82) is 0 Å². The standard InChI is InChI=1S/C14H18O/c15-10-4-3-5-12-8-9-13-6-1-2-7-14(13)11-12/h8-11H,1-7H2. The molecule has 0 spiro atoms. The Morgan fingerprint density at radius 2 is 1.93 bits per heavy atom. The van der Waals surface area contributed by atoms with Gasteiger partial charge in [-0.25, -0.2) is 0 Å². The van der Waals surface area contributed by atoms with E-state index >= 15 is 0 Å². The molecule has 1 aromatic rings. The molecule has 1 aromatic carbocycles. The van der Waals surface area contributed by atoms with E-state index in [2.05, 4.69) is 18.2 Å². The van der Waals surface area contributed by atoms with E-state index in [4.69, 9.17) is 0 Å². The normalized spacial score (nSPS) is 14.7. The van der Waals surface area contributed by atoms with Crippen LogP contribution in [-0.4, -0.2) is 6.29 Å². The third-order valence-corrected chi connectivity index (χ3v) is 3.20. The van der Waals surface area contributed by atoms with E-state index in [9.17, 15) is 4.79 Å². The highest BCUT2D eigenvalue weighted by molar-refractivity contribution is 5.49. The van der Waals surface area contributed by atoms with Crippen LogP contribution in [-0.2, 0) is 24.1 Å².